The highest BCUT2D eigenvalue weighted by atomic mass is 31.2. The van der Waals surface area contributed by atoms with Crippen LogP contribution in [0.25, 0.3) is 0 Å². The third-order valence-electron chi connectivity index (χ3n) is 5.82. The number of nitrogens with two attached hydrogens (primary N) is 1. The maximum Gasteiger partial charge on any atom is 0.218 e. The van der Waals surface area contributed by atoms with Crippen LogP contribution < -0.4 is 21.1 Å². The fourth-order valence-corrected chi connectivity index (χ4v) is 5.80. The van der Waals surface area contributed by atoms with E-state index in [9.17, 15) is 39.2 Å². The van der Waals surface area contributed by atoms with E-state index >= 15 is 0 Å². The summed E-state index contributed by atoms with van der Waals surface area (Å²) in [4.78, 5) is 50.7. The van der Waals surface area contributed by atoms with Crippen molar-refractivity contribution in [3.63, 3.8) is 0 Å². The predicted molar refractivity (Wildman–Crippen MR) is 125 cm³/mol. The summed E-state index contributed by atoms with van der Waals surface area (Å²) in [5.74, 6) is -3.89. The Hall–Kier alpha value is -2.54. The van der Waals surface area contributed by atoms with Gasteiger partial charge in [0.15, 0.2) is 0 Å². The van der Waals surface area contributed by atoms with Gasteiger partial charge in [-0.3, -0.25) is 24.2 Å². The molecule has 0 spiro atoms. The van der Waals surface area contributed by atoms with E-state index in [-0.39, 0.29) is 84.4 Å². The van der Waals surface area contributed by atoms with Crippen molar-refractivity contribution in [3.8, 4) is 0 Å². The standard InChI is InChI=1S/C22H36N5O8P/c23-19-3-1-18(2-4-19)16-36(34,35)17-27-11-9-25(14-21(30)31)7-5-24(13-20(28)29)6-8-26(10-12-27)15-22(32)33/h1-4H,5-17,23H2,(H,28,29)(H,30,31)(H,32,33)(H,34,35)/p-3. The Morgan fingerprint density at radius 1 is 0.722 bits per heavy atom. The molecule has 1 aromatic carbocycles. The quantitative estimate of drug-likeness (QED) is 0.219. The zero-order valence-electron chi connectivity index (χ0n) is 20.1. The molecule has 1 aliphatic heterocycles. The smallest absolute Gasteiger partial charge is 0.218 e. The van der Waals surface area contributed by atoms with E-state index in [1.807, 2.05) is 0 Å². The van der Waals surface area contributed by atoms with Crippen LogP contribution in [-0.4, -0.2) is 121 Å². The summed E-state index contributed by atoms with van der Waals surface area (Å²) < 4.78 is 13.1. The first-order valence-electron chi connectivity index (χ1n) is 11.6. The van der Waals surface area contributed by atoms with Crippen molar-refractivity contribution in [2.24, 2.45) is 0 Å². The van der Waals surface area contributed by atoms with Gasteiger partial charge >= 0.3 is 0 Å². The number of hydrogen-bond donors (Lipinski definition) is 2. The molecule has 202 valence electrons. The first kappa shape index (κ1) is 29.7. The van der Waals surface area contributed by atoms with Crippen molar-refractivity contribution in [1.29, 1.82) is 0 Å². The lowest BCUT2D eigenvalue weighted by Gasteiger charge is -2.35. The second-order valence-electron chi connectivity index (χ2n) is 8.95. The van der Waals surface area contributed by atoms with Crippen LogP contribution in [0.15, 0.2) is 24.3 Å². The van der Waals surface area contributed by atoms with E-state index in [1.165, 1.54) is 0 Å². The molecular weight excluding hydrogens is 493 g/mol. The minimum Gasteiger partial charge on any atom is -0.549 e. The average molecular weight is 527 g/mol. The summed E-state index contributed by atoms with van der Waals surface area (Å²) in [5.41, 5.74) is 6.86. The predicted octanol–water partition coefficient (Wildman–Crippen LogP) is -4.53. The largest absolute Gasteiger partial charge is 0.549 e. The molecule has 1 aliphatic rings. The van der Waals surface area contributed by atoms with Gasteiger partial charge in [0, 0.05) is 77.7 Å². The maximum atomic E-state index is 13.1. The van der Waals surface area contributed by atoms with Gasteiger partial charge in [0.2, 0.25) is 7.37 Å². The van der Waals surface area contributed by atoms with E-state index in [2.05, 4.69) is 0 Å². The van der Waals surface area contributed by atoms with Crippen LogP contribution in [-0.2, 0) is 25.1 Å². The SMILES string of the molecule is Nc1ccc(CP(=O)(O)CN2CCN(CC(=O)[O-])CCN(CC(=O)[O-])CCN(CC(=O)[O-])CC2)cc1. The average Bonchev–Trinajstić information content (AvgIpc) is 2.76. The molecule has 1 saturated heterocycles. The lowest BCUT2D eigenvalue weighted by Crippen LogP contribution is -2.51. The van der Waals surface area contributed by atoms with E-state index in [1.54, 1.807) is 43.9 Å². The summed E-state index contributed by atoms with van der Waals surface area (Å²) >= 11 is 0. The second-order valence-corrected chi connectivity index (χ2v) is 11.2. The zero-order chi connectivity index (χ0) is 26.7. The number of carboxylic acid groups (broad SMARTS) is 3. The van der Waals surface area contributed by atoms with Gasteiger partial charge < -0.3 is 40.3 Å². The molecule has 2 rings (SSSR count). The molecule has 1 atom stereocenters. The number of carboxylic acids is 3. The van der Waals surface area contributed by atoms with Gasteiger partial charge in [-0.15, -0.1) is 0 Å². The van der Waals surface area contributed by atoms with Gasteiger partial charge in [-0.25, -0.2) is 0 Å². The molecule has 1 heterocycles. The molecule has 1 aromatic rings. The molecule has 1 fully saturated rings. The second kappa shape index (κ2) is 14.3. The fourth-order valence-electron chi connectivity index (χ4n) is 4.01. The summed E-state index contributed by atoms with van der Waals surface area (Å²) in [6, 6.07) is 6.64. The Kier molecular flexibility index (Phi) is 11.8. The van der Waals surface area contributed by atoms with Crippen molar-refractivity contribution in [3.05, 3.63) is 29.8 Å². The Bertz CT molecular complexity index is 900. The van der Waals surface area contributed by atoms with Crippen LogP contribution in [0, 0.1) is 0 Å². The fraction of sp³-hybridized carbons (Fsp3) is 0.591. The number of nitrogens with zero attached hydrogens (tertiary/aromatic N) is 4. The summed E-state index contributed by atoms with van der Waals surface area (Å²) in [6.45, 7) is 0.576. The zero-order valence-corrected chi connectivity index (χ0v) is 21.0. The normalized spacial score (nSPS) is 19.6. The first-order chi connectivity index (χ1) is 16.9. The molecule has 1 unspecified atom stereocenters. The van der Waals surface area contributed by atoms with Crippen molar-refractivity contribution >= 4 is 31.0 Å². The number of carbonyl (C=O) groups excluding carboxylic acids is 3. The van der Waals surface area contributed by atoms with Gasteiger partial charge in [-0.05, 0) is 17.7 Å². The molecule has 14 heteroatoms. The van der Waals surface area contributed by atoms with Crippen molar-refractivity contribution in [2.75, 3.05) is 84.0 Å². The van der Waals surface area contributed by atoms with Crippen molar-refractivity contribution < 1.29 is 39.2 Å². The Morgan fingerprint density at radius 3 is 1.39 bits per heavy atom. The topological polar surface area (TPSA) is 197 Å². The Morgan fingerprint density at radius 2 is 1.06 bits per heavy atom. The van der Waals surface area contributed by atoms with Crippen molar-refractivity contribution in [1.82, 2.24) is 19.6 Å². The minimum atomic E-state index is -3.69. The third kappa shape index (κ3) is 11.9. The Balaban J connectivity index is 2.17. The molecular formula is C22H33N5O8P-3. The lowest BCUT2D eigenvalue weighted by molar-refractivity contribution is -0.308. The molecule has 3 N–H and O–H groups in total. The molecule has 0 aliphatic carbocycles. The number of hydrogen-bond acceptors (Lipinski definition) is 12. The molecule has 13 nitrogen and oxygen atoms in total. The molecule has 0 amide bonds. The minimum absolute atomic E-state index is 0.0759. The highest BCUT2D eigenvalue weighted by Crippen LogP contribution is 2.45. The lowest BCUT2D eigenvalue weighted by atomic mass is 10.2. The molecule has 0 bridgehead atoms. The van der Waals surface area contributed by atoms with E-state index in [4.69, 9.17) is 5.73 Å². The van der Waals surface area contributed by atoms with Gasteiger partial charge in [-0.1, -0.05) is 12.1 Å². The first-order valence-corrected chi connectivity index (χ1v) is 13.6. The molecule has 0 saturated carbocycles. The van der Waals surface area contributed by atoms with Crippen LogP contribution >= 0.6 is 7.37 Å². The number of carbonyl (C=O) groups is 3. The number of aliphatic carboxylic acids is 3. The molecule has 0 aromatic heterocycles. The van der Waals surface area contributed by atoms with E-state index < -0.39 is 25.3 Å². The van der Waals surface area contributed by atoms with Crippen LogP contribution in [0.4, 0.5) is 5.69 Å². The highest BCUT2D eigenvalue weighted by molar-refractivity contribution is 7.57. The van der Waals surface area contributed by atoms with Gasteiger partial charge in [0.25, 0.3) is 0 Å². The number of nitrogen functional groups attached to an aromatic ring is 1. The monoisotopic (exact) mass is 526 g/mol. The highest BCUT2D eigenvalue weighted by Gasteiger charge is 2.25. The van der Waals surface area contributed by atoms with Gasteiger partial charge in [0.05, 0.1) is 30.4 Å². The number of benzene rings is 1. The summed E-state index contributed by atoms with van der Waals surface area (Å²) in [5, 5.41) is 33.6. The Labute approximate surface area is 210 Å². The van der Waals surface area contributed by atoms with Crippen LogP contribution in [0.1, 0.15) is 5.56 Å². The number of anilines is 1. The summed E-state index contributed by atoms with van der Waals surface area (Å²) in [7, 11) is -3.69. The van der Waals surface area contributed by atoms with Crippen molar-refractivity contribution in [2.45, 2.75) is 6.16 Å². The summed E-state index contributed by atoms with van der Waals surface area (Å²) in [6.07, 6.45) is -0.250. The van der Waals surface area contributed by atoms with Crippen LogP contribution in [0.2, 0.25) is 0 Å². The molecule has 0 radical (unpaired) electrons. The van der Waals surface area contributed by atoms with Crippen LogP contribution in [0.3, 0.4) is 0 Å². The van der Waals surface area contributed by atoms with E-state index in [0.717, 1.165) is 0 Å². The van der Waals surface area contributed by atoms with E-state index in [0.29, 0.717) is 11.3 Å². The van der Waals surface area contributed by atoms with Crippen LogP contribution in [0.5, 0.6) is 0 Å². The van der Waals surface area contributed by atoms with Gasteiger partial charge in [-0.2, -0.15) is 0 Å². The number of rotatable bonds is 10. The maximum absolute atomic E-state index is 13.1. The van der Waals surface area contributed by atoms with Gasteiger partial charge in [0.1, 0.15) is 0 Å². The molecule has 36 heavy (non-hydrogen) atoms. The third-order valence-corrected chi connectivity index (χ3v) is 7.52.